The standard InChI is InChI=1S/C73H47NS2/c1-3-21-55(22-4-1)73(56-23-5-2-6-24-56)65-30-10-7-27-63(65)71-66(73)31-16-32-67(71)74(57-40-35-48(36-41-57)50-17-13-19-52(45-50)53-39-44-70-64(47-53)61-26-9-11-33-68(61)75-70)58-42-37-49(38-43-58)51-18-14-20-54(46-51)59-28-15-29-62-60-25-8-12-34-69(60)76-72(59)62/h1-47H. The summed E-state index contributed by atoms with van der Waals surface area (Å²) in [4.78, 5) is 2.48. The molecule has 356 valence electrons. The van der Waals surface area contributed by atoms with Gasteiger partial charge in [0.2, 0.25) is 0 Å². The molecule has 2 aromatic heterocycles. The summed E-state index contributed by atoms with van der Waals surface area (Å²) < 4.78 is 5.30. The van der Waals surface area contributed by atoms with Crippen LogP contribution in [0.3, 0.4) is 0 Å². The van der Waals surface area contributed by atoms with Crippen molar-refractivity contribution >= 4 is 80.1 Å². The maximum absolute atomic E-state index is 2.48. The number of thiophene rings is 2. The van der Waals surface area contributed by atoms with E-state index in [2.05, 4.69) is 290 Å². The fourth-order valence-corrected chi connectivity index (χ4v) is 14.6. The molecule has 15 rings (SSSR count). The highest BCUT2D eigenvalue weighted by Gasteiger charge is 2.47. The molecular formula is C73H47NS2. The van der Waals surface area contributed by atoms with E-state index >= 15 is 0 Å². The first-order valence-corrected chi connectivity index (χ1v) is 27.7. The van der Waals surface area contributed by atoms with E-state index in [4.69, 9.17) is 0 Å². The number of fused-ring (bicyclic) bond motifs is 9. The first kappa shape index (κ1) is 44.4. The molecule has 0 radical (unpaired) electrons. The molecule has 76 heavy (non-hydrogen) atoms. The van der Waals surface area contributed by atoms with Crippen molar-refractivity contribution in [1.29, 1.82) is 0 Å². The molecule has 1 nitrogen and oxygen atoms in total. The van der Waals surface area contributed by atoms with Gasteiger partial charge in [-0.1, -0.05) is 218 Å². The van der Waals surface area contributed by atoms with Crippen LogP contribution in [0.1, 0.15) is 22.3 Å². The van der Waals surface area contributed by atoms with Gasteiger partial charge in [0.1, 0.15) is 0 Å². The number of benzene rings is 12. The topological polar surface area (TPSA) is 3.24 Å². The van der Waals surface area contributed by atoms with Gasteiger partial charge in [0.15, 0.2) is 0 Å². The molecule has 12 aromatic carbocycles. The van der Waals surface area contributed by atoms with Crippen LogP contribution in [0.4, 0.5) is 17.1 Å². The van der Waals surface area contributed by atoms with Gasteiger partial charge in [-0.25, -0.2) is 0 Å². The molecule has 0 N–H and O–H groups in total. The van der Waals surface area contributed by atoms with Crippen LogP contribution in [-0.4, -0.2) is 0 Å². The lowest BCUT2D eigenvalue weighted by Gasteiger charge is -2.34. The van der Waals surface area contributed by atoms with Crippen molar-refractivity contribution in [2.75, 3.05) is 4.90 Å². The maximum atomic E-state index is 2.48. The molecule has 0 aliphatic heterocycles. The highest BCUT2D eigenvalue weighted by molar-refractivity contribution is 7.26. The van der Waals surface area contributed by atoms with Crippen LogP contribution in [0.15, 0.2) is 285 Å². The van der Waals surface area contributed by atoms with Gasteiger partial charge in [-0.15, -0.1) is 22.7 Å². The lowest BCUT2D eigenvalue weighted by Crippen LogP contribution is -2.28. The molecule has 1 aliphatic carbocycles. The molecule has 0 unspecified atom stereocenters. The Hall–Kier alpha value is -9.12. The van der Waals surface area contributed by atoms with E-state index < -0.39 is 5.41 Å². The average molecular weight is 1000 g/mol. The Kier molecular flexibility index (Phi) is 10.6. The molecule has 0 saturated heterocycles. The highest BCUT2D eigenvalue weighted by Crippen LogP contribution is 2.59. The second-order valence-corrected chi connectivity index (χ2v) is 22.0. The summed E-state index contributed by atoms with van der Waals surface area (Å²) in [5, 5.41) is 5.27. The van der Waals surface area contributed by atoms with Crippen molar-refractivity contribution in [3.8, 4) is 55.6 Å². The van der Waals surface area contributed by atoms with Crippen molar-refractivity contribution in [2.24, 2.45) is 0 Å². The van der Waals surface area contributed by atoms with Crippen LogP contribution in [0.25, 0.3) is 96.0 Å². The third kappa shape index (κ3) is 7.12. The summed E-state index contributed by atoms with van der Waals surface area (Å²) >= 11 is 3.74. The van der Waals surface area contributed by atoms with E-state index in [-0.39, 0.29) is 0 Å². The molecule has 14 aromatic rings. The van der Waals surface area contributed by atoms with Crippen LogP contribution in [0.2, 0.25) is 0 Å². The van der Waals surface area contributed by atoms with Crippen molar-refractivity contribution in [3.05, 3.63) is 307 Å². The zero-order valence-corrected chi connectivity index (χ0v) is 43.0. The second kappa shape index (κ2) is 18.1. The van der Waals surface area contributed by atoms with Crippen LogP contribution in [0.5, 0.6) is 0 Å². The van der Waals surface area contributed by atoms with E-state index in [1.165, 1.54) is 118 Å². The lowest BCUT2D eigenvalue weighted by atomic mass is 9.68. The first-order chi connectivity index (χ1) is 37.7. The van der Waals surface area contributed by atoms with Crippen LogP contribution in [-0.2, 0) is 5.41 Å². The van der Waals surface area contributed by atoms with Crippen molar-refractivity contribution in [2.45, 2.75) is 5.41 Å². The minimum Gasteiger partial charge on any atom is -0.310 e. The summed E-state index contributed by atoms with van der Waals surface area (Å²) in [6.45, 7) is 0. The summed E-state index contributed by atoms with van der Waals surface area (Å²) in [7, 11) is 0. The first-order valence-electron chi connectivity index (χ1n) is 26.1. The van der Waals surface area contributed by atoms with Crippen molar-refractivity contribution < 1.29 is 0 Å². The smallest absolute Gasteiger partial charge is 0.0714 e. The summed E-state index contributed by atoms with van der Waals surface area (Å²) in [5.41, 5.74) is 20.0. The normalized spacial score (nSPS) is 12.6. The van der Waals surface area contributed by atoms with Gasteiger partial charge in [0, 0.05) is 57.3 Å². The zero-order valence-electron chi connectivity index (χ0n) is 41.4. The van der Waals surface area contributed by atoms with Crippen molar-refractivity contribution in [3.63, 3.8) is 0 Å². The van der Waals surface area contributed by atoms with Gasteiger partial charge < -0.3 is 4.90 Å². The van der Waals surface area contributed by atoms with E-state index in [0.717, 1.165) is 17.1 Å². The molecule has 3 heteroatoms. The van der Waals surface area contributed by atoms with Crippen LogP contribution < -0.4 is 4.90 Å². The van der Waals surface area contributed by atoms with Crippen molar-refractivity contribution in [1.82, 2.24) is 0 Å². The molecule has 2 heterocycles. The average Bonchev–Trinajstić information content (AvgIpc) is 4.32. The predicted octanol–water partition coefficient (Wildman–Crippen LogP) is 20.9. The van der Waals surface area contributed by atoms with Gasteiger partial charge in [-0.05, 0) is 139 Å². The number of anilines is 3. The molecule has 0 spiro atoms. The number of nitrogens with zero attached hydrogens (tertiary/aromatic N) is 1. The molecule has 0 fully saturated rings. The predicted molar refractivity (Wildman–Crippen MR) is 326 cm³/mol. The fraction of sp³-hybridized carbons (Fsp3) is 0.0137. The molecule has 0 atom stereocenters. The molecular weight excluding hydrogens is 955 g/mol. The SMILES string of the molecule is c1ccc(C2(c3ccccc3)c3ccccc3-c3c(N(c4ccc(-c5cccc(-c6ccc7sc8ccccc8c7c6)c5)cc4)c4ccc(-c5cccc(-c6cccc7c6sc6ccccc67)c5)cc4)cccc32)cc1. The van der Waals surface area contributed by atoms with Gasteiger partial charge in [-0.2, -0.15) is 0 Å². The van der Waals surface area contributed by atoms with Crippen LogP contribution >= 0.6 is 22.7 Å². The summed E-state index contributed by atoms with van der Waals surface area (Å²) in [6.07, 6.45) is 0. The minimum absolute atomic E-state index is 0.527. The van der Waals surface area contributed by atoms with Gasteiger partial charge in [0.25, 0.3) is 0 Å². The van der Waals surface area contributed by atoms with E-state index in [9.17, 15) is 0 Å². The lowest BCUT2D eigenvalue weighted by molar-refractivity contribution is 0.768. The Morgan fingerprint density at radius 3 is 1.42 bits per heavy atom. The third-order valence-electron chi connectivity index (χ3n) is 15.8. The van der Waals surface area contributed by atoms with E-state index in [1.807, 2.05) is 22.7 Å². The Balaban J connectivity index is 0.862. The second-order valence-electron chi connectivity index (χ2n) is 19.9. The van der Waals surface area contributed by atoms with Gasteiger partial charge in [0.05, 0.1) is 11.1 Å². The Bertz CT molecular complexity index is 4470. The van der Waals surface area contributed by atoms with Crippen LogP contribution in [0, 0.1) is 0 Å². The molecule has 1 aliphatic rings. The fourth-order valence-electron chi connectivity index (χ4n) is 12.3. The zero-order chi connectivity index (χ0) is 50.2. The highest BCUT2D eigenvalue weighted by atomic mass is 32.1. The summed E-state index contributed by atoms with van der Waals surface area (Å²) in [6, 6.07) is 106. The third-order valence-corrected chi connectivity index (χ3v) is 18.1. The Morgan fingerprint density at radius 2 is 0.737 bits per heavy atom. The number of rotatable bonds is 9. The van der Waals surface area contributed by atoms with E-state index in [1.54, 1.807) is 0 Å². The van der Waals surface area contributed by atoms with E-state index in [0.29, 0.717) is 0 Å². The Labute approximate surface area is 450 Å². The number of hydrogen-bond acceptors (Lipinski definition) is 3. The summed E-state index contributed by atoms with van der Waals surface area (Å²) in [5.74, 6) is 0. The largest absolute Gasteiger partial charge is 0.310 e. The molecule has 0 bridgehead atoms. The van der Waals surface area contributed by atoms with Gasteiger partial charge >= 0.3 is 0 Å². The minimum atomic E-state index is -0.527. The Morgan fingerprint density at radius 1 is 0.276 bits per heavy atom. The quantitative estimate of drug-likeness (QED) is 0.139. The number of hydrogen-bond donors (Lipinski definition) is 0. The molecule has 0 amide bonds. The molecule has 0 saturated carbocycles. The van der Waals surface area contributed by atoms with Gasteiger partial charge in [-0.3, -0.25) is 0 Å². The monoisotopic (exact) mass is 1000 g/mol. The maximum Gasteiger partial charge on any atom is 0.0714 e.